The zero-order valence-electron chi connectivity index (χ0n) is 9.56. The molecule has 0 radical (unpaired) electrons. The molecule has 4 nitrogen and oxygen atoms in total. The first kappa shape index (κ1) is 13.4. The number of carbonyl (C=O) groups is 2. The minimum absolute atomic E-state index is 0.0134. The number of carboxylic acids is 1. The Labute approximate surface area is 101 Å². The molecule has 0 aliphatic carbocycles. The van der Waals surface area contributed by atoms with Gasteiger partial charge in [-0.15, -0.1) is 0 Å². The smallest absolute Gasteiger partial charge is 0.326 e. The molecule has 1 rings (SSSR count). The molecule has 1 N–H and O–H groups in total. The highest BCUT2D eigenvalue weighted by Gasteiger charge is 2.35. The normalized spacial score (nSPS) is 22.5. The van der Waals surface area contributed by atoms with Gasteiger partial charge in [0.1, 0.15) is 6.04 Å². The van der Waals surface area contributed by atoms with E-state index in [0.29, 0.717) is 19.4 Å². The monoisotopic (exact) mass is 245 g/mol. The van der Waals surface area contributed by atoms with Gasteiger partial charge in [-0.25, -0.2) is 4.79 Å². The number of carboxylic acid groups (broad SMARTS) is 1. The number of carbonyl (C=O) groups excluding carboxylic acids is 1. The number of hydrogen-bond donors (Lipinski definition) is 2. The van der Waals surface area contributed by atoms with E-state index in [4.69, 9.17) is 5.11 Å². The minimum atomic E-state index is -0.896. The summed E-state index contributed by atoms with van der Waals surface area (Å²) in [5.74, 6) is -0.976. The van der Waals surface area contributed by atoms with Crippen molar-refractivity contribution in [1.82, 2.24) is 4.90 Å². The molecule has 16 heavy (non-hydrogen) atoms. The molecule has 1 fully saturated rings. The van der Waals surface area contributed by atoms with Gasteiger partial charge in [-0.1, -0.05) is 26.2 Å². The van der Waals surface area contributed by atoms with Crippen molar-refractivity contribution in [3.63, 3.8) is 0 Å². The van der Waals surface area contributed by atoms with E-state index in [1.54, 1.807) is 0 Å². The fourth-order valence-corrected chi connectivity index (χ4v) is 2.35. The van der Waals surface area contributed by atoms with Gasteiger partial charge in [0.05, 0.1) is 0 Å². The second-order valence-electron chi connectivity index (χ2n) is 4.25. The Morgan fingerprint density at radius 3 is 2.75 bits per heavy atom. The molecule has 1 unspecified atom stereocenters. The van der Waals surface area contributed by atoms with Crippen molar-refractivity contribution in [3.8, 4) is 0 Å². The van der Waals surface area contributed by atoms with Crippen LogP contribution < -0.4 is 0 Å². The number of rotatable bonds is 6. The Bertz CT molecular complexity index is 270. The lowest BCUT2D eigenvalue weighted by Crippen LogP contribution is -2.42. The Morgan fingerprint density at radius 2 is 2.31 bits per heavy atom. The van der Waals surface area contributed by atoms with Crippen molar-refractivity contribution < 1.29 is 14.7 Å². The SMILES string of the molecule is CCCCC[C@@H](C(=O)O)N1CC(S)CC1=O. The molecule has 0 aromatic rings. The van der Waals surface area contributed by atoms with Gasteiger partial charge in [-0.3, -0.25) is 4.79 Å². The number of amides is 1. The summed E-state index contributed by atoms with van der Waals surface area (Å²) in [4.78, 5) is 24.2. The molecule has 0 aromatic heterocycles. The quantitative estimate of drug-likeness (QED) is 0.551. The number of unbranched alkanes of at least 4 members (excludes halogenated alkanes) is 2. The Hall–Kier alpha value is -0.710. The maximum atomic E-state index is 11.6. The van der Waals surface area contributed by atoms with E-state index in [2.05, 4.69) is 19.6 Å². The molecular weight excluding hydrogens is 226 g/mol. The maximum absolute atomic E-state index is 11.6. The van der Waals surface area contributed by atoms with Crippen LogP contribution in [-0.4, -0.2) is 39.7 Å². The first-order valence-electron chi connectivity index (χ1n) is 5.76. The average molecular weight is 245 g/mol. The van der Waals surface area contributed by atoms with Gasteiger partial charge < -0.3 is 10.0 Å². The number of aliphatic carboxylic acids is 1. The fourth-order valence-electron chi connectivity index (χ4n) is 2.01. The molecular formula is C11H19NO3S. The molecule has 0 aromatic carbocycles. The van der Waals surface area contributed by atoms with E-state index in [-0.39, 0.29) is 11.2 Å². The van der Waals surface area contributed by atoms with Gasteiger partial charge in [0.25, 0.3) is 0 Å². The van der Waals surface area contributed by atoms with E-state index in [1.807, 2.05) is 0 Å². The molecule has 0 bridgehead atoms. The molecule has 1 amide bonds. The van der Waals surface area contributed by atoms with Crippen LogP contribution in [0.2, 0.25) is 0 Å². The van der Waals surface area contributed by atoms with Crippen LogP contribution in [-0.2, 0) is 9.59 Å². The molecule has 0 spiro atoms. The molecule has 1 saturated heterocycles. The highest BCUT2D eigenvalue weighted by atomic mass is 32.1. The van der Waals surface area contributed by atoms with E-state index >= 15 is 0 Å². The predicted molar refractivity (Wildman–Crippen MR) is 64.7 cm³/mol. The van der Waals surface area contributed by atoms with Crippen molar-refractivity contribution in [2.24, 2.45) is 0 Å². The van der Waals surface area contributed by atoms with E-state index in [9.17, 15) is 9.59 Å². The second kappa shape index (κ2) is 6.13. The van der Waals surface area contributed by atoms with Gasteiger partial charge in [0.2, 0.25) is 5.91 Å². The average Bonchev–Trinajstić information content (AvgIpc) is 2.52. The van der Waals surface area contributed by atoms with Crippen molar-refractivity contribution in [2.45, 2.75) is 50.3 Å². The summed E-state index contributed by atoms with van der Waals surface area (Å²) in [5, 5.41) is 9.10. The van der Waals surface area contributed by atoms with Crippen molar-refractivity contribution >= 4 is 24.5 Å². The molecule has 2 atom stereocenters. The van der Waals surface area contributed by atoms with Crippen LogP contribution in [0.25, 0.3) is 0 Å². The highest BCUT2D eigenvalue weighted by Crippen LogP contribution is 2.21. The Morgan fingerprint density at radius 1 is 1.62 bits per heavy atom. The van der Waals surface area contributed by atoms with Gasteiger partial charge in [0.15, 0.2) is 0 Å². The lowest BCUT2D eigenvalue weighted by Gasteiger charge is -2.24. The molecule has 0 saturated carbocycles. The lowest BCUT2D eigenvalue weighted by atomic mass is 10.1. The Kier molecular flexibility index (Phi) is 5.12. The van der Waals surface area contributed by atoms with Crippen LogP contribution in [0.15, 0.2) is 0 Å². The van der Waals surface area contributed by atoms with Gasteiger partial charge >= 0.3 is 5.97 Å². The van der Waals surface area contributed by atoms with Crippen LogP contribution in [0, 0.1) is 0 Å². The first-order valence-corrected chi connectivity index (χ1v) is 6.28. The van der Waals surface area contributed by atoms with Crippen LogP contribution >= 0.6 is 12.6 Å². The summed E-state index contributed by atoms with van der Waals surface area (Å²) in [6.45, 7) is 2.53. The van der Waals surface area contributed by atoms with Crippen LogP contribution in [0.1, 0.15) is 39.0 Å². The third kappa shape index (κ3) is 3.40. The third-order valence-corrected chi connectivity index (χ3v) is 3.23. The number of likely N-dealkylation sites (tertiary alicyclic amines) is 1. The molecule has 1 heterocycles. The minimum Gasteiger partial charge on any atom is -0.480 e. The Balaban J connectivity index is 2.56. The van der Waals surface area contributed by atoms with E-state index in [1.165, 1.54) is 4.90 Å². The standard InChI is InChI=1S/C11H19NO3S/c1-2-3-4-5-9(11(14)15)12-7-8(16)6-10(12)13/h8-9,16H,2-7H2,1H3,(H,14,15)/t8?,9-/m0/s1. The van der Waals surface area contributed by atoms with Crippen molar-refractivity contribution in [3.05, 3.63) is 0 Å². The van der Waals surface area contributed by atoms with Gasteiger partial charge in [-0.05, 0) is 6.42 Å². The van der Waals surface area contributed by atoms with Crippen LogP contribution in [0.3, 0.4) is 0 Å². The largest absolute Gasteiger partial charge is 0.480 e. The first-order chi connectivity index (χ1) is 7.56. The third-order valence-electron chi connectivity index (χ3n) is 2.88. The van der Waals surface area contributed by atoms with E-state index in [0.717, 1.165) is 19.3 Å². The van der Waals surface area contributed by atoms with Crippen molar-refractivity contribution in [2.75, 3.05) is 6.54 Å². The maximum Gasteiger partial charge on any atom is 0.326 e. The number of nitrogens with zero attached hydrogens (tertiary/aromatic N) is 1. The molecule has 1 aliphatic heterocycles. The zero-order chi connectivity index (χ0) is 12.1. The second-order valence-corrected chi connectivity index (χ2v) is 4.98. The van der Waals surface area contributed by atoms with Gasteiger partial charge in [-0.2, -0.15) is 12.6 Å². The lowest BCUT2D eigenvalue weighted by molar-refractivity contribution is -0.148. The topological polar surface area (TPSA) is 57.6 Å². The predicted octanol–water partition coefficient (Wildman–Crippen LogP) is 1.55. The van der Waals surface area contributed by atoms with Crippen LogP contribution in [0.5, 0.6) is 0 Å². The van der Waals surface area contributed by atoms with Crippen molar-refractivity contribution in [1.29, 1.82) is 0 Å². The highest BCUT2D eigenvalue weighted by molar-refractivity contribution is 7.81. The van der Waals surface area contributed by atoms with E-state index < -0.39 is 12.0 Å². The summed E-state index contributed by atoms with van der Waals surface area (Å²) in [6.07, 6.45) is 3.83. The fraction of sp³-hybridized carbons (Fsp3) is 0.818. The summed E-state index contributed by atoms with van der Waals surface area (Å²) in [7, 11) is 0. The van der Waals surface area contributed by atoms with Crippen LogP contribution in [0.4, 0.5) is 0 Å². The zero-order valence-corrected chi connectivity index (χ0v) is 10.4. The number of thiol groups is 1. The van der Waals surface area contributed by atoms with Gasteiger partial charge in [0, 0.05) is 18.2 Å². The summed E-state index contributed by atoms with van der Waals surface area (Å²) in [6, 6.07) is -0.656. The molecule has 5 heteroatoms. The molecule has 1 aliphatic rings. The summed E-state index contributed by atoms with van der Waals surface area (Å²) < 4.78 is 0. The summed E-state index contributed by atoms with van der Waals surface area (Å²) in [5.41, 5.74) is 0. The summed E-state index contributed by atoms with van der Waals surface area (Å²) >= 11 is 4.23. The molecule has 92 valence electrons. The number of hydrogen-bond acceptors (Lipinski definition) is 3.